The minimum absolute atomic E-state index is 0.0155. The standard InChI is InChI=1S/C15H20BrFN2O2/c1-3-7-18-14(20)10-19(8-4-2)15(21)11-5-6-13(17)12(16)9-11/h5-6,9H,3-4,7-8,10H2,1-2H3,(H,18,20). The summed E-state index contributed by atoms with van der Waals surface area (Å²) in [7, 11) is 0. The Kier molecular flexibility index (Phi) is 7.36. The van der Waals surface area contributed by atoms with Gasteiger partial charge in [-0.2, -0.15) is 0 Å². The highest BCUT2D eigenvalue weighted by Crippen LogP contribution is 2.18. The maximum absolute atomic E-state index is 13.2. The molecule has 21 heavy (non-hydrogen) atoms. The largest absolute Gasteiger partial charge is 0.355 e. The molecule has 1 aromatic carbocycles. The zero-order valence-electron chi connectivity index (χ0n) is 12.3. The molecule has 4 nitrogen and oxygen atoms in total. The van der Waals surface area contributed by atoms with E-state index in [1.807, 2.05) is 13.8 Å². The van der Waals surface area contributed by atoms with Gasteiger partial charge >= 0.3 is 0 Å². The van der Waals surface area contributed by atoms with E-state index in [-0.39, 0.29) is 22.8 Å². The van der Waals surface area contributed by atoms with E-state index in [9.17, 15) is 14.0 Å². The SMILES string of the molecule is CCCNC(=O)CN(CCC)C(=O)c1ccc(F)c(Br)c1. The molecule has 0 atom stereocenters. The molecule has 0 radical (unpaired) electrons. The Labute approximate surface area is 132 Å². The fraction of sp³-hybridized carbons (Fsp3) is 0.467. The van der Waals surface area contributed by atoms with Gasteiger partial charge in [-0.25, -0.2) is 4.39 Å². The number of benzene rings is 1. The monoisotopic (exact) mass is 358 g/mol. The number of nitrogens with one attached hydrogen (secondary N) is 1. The van der Waals surface area contributed by atoms with Crippen LogP contribution in [0.1, 0.15) is 37.0 Å². The molecule has 0 fully saturated rings. The molecule has 1 rings (SSSR count). The van der Waals surface area contributed by atoms with Crippen molar-refractivity contribution >= 4 is 27.7 Å². The highest BCUT2D eigenvalue weighted by Gasteiger charge is 2.18. The van der Waals surface area contributed by atoms with E-state index in [1.54, 1.807) is 0 Å². The Balaban J connectivity index is 2.81. The molecule has 0 aliphatic carbocycles. The van der Waals surface area contributed by atoms with Crippen LogP contribution in [0, 0.1) is 5.82 Å². The molecule has 0 unspecified atom stereocenters. The van der Waals surface area contributed by atoms with Crippen LogP contribution in [-0.2, 0) is 4.79 Å². The summed E-state index contributed by atoms with van der Waals surface area (Å²) in [6, 6.07) is 4.10. The molecule has 116 valence electrons. The molecule has 1 N–H and O–H groups in total. The number of carbonyl (C=O) groups is 2. The Bertz CT molecular complexity index is 508. The summed E-state index contributed by atoms with van der Waals surface area (Å²) in [6.45, 7) is 4.99. The van der Waals surface area contributed by atoms with Crippen molar-refractivity contribution in [1.82, 2.24) is 10.2 Å². The lowest BCUT2D eigenvalue weighted by molar-refractivity contribution is -0.121. The van der Waals surface area contributed by atoms with Crippen molar-refractivity contribution < 1.29 is 14.0 Å². The van der Waals surface area contributed by atoms with Crippen LogP contribution < -0.4 is 5.32 Å². The average molecular weight is 359 g/mol. The van der Waals surface area contributed by atoms with Gasteiger partial charge in [0, 0.05) is 18.7 Å². The maximum atomic E-state index is 13.2. The lowest BCUT2D eigenvalue weighted by Crippen LogP contribution is -2.41. The molecule has 0 heterocycles. The second-order valence-corrected chi connectivity index (χ2v) is 5.56. The van der Waals surface area contributed by atoms with E-state index in [0.717, 1.165) is 12.8 Å². The summed E-state index contributed by atoms with van der Waals surface area (Å²) in [6.07, 6.45) is 1.59. The molecule has 0 aliphatic rings. The number of hydrogen-bond acceptors (Lipinski definition) is 2. The van der Waals surface area contributed by atoms with E-state index in [4.69, 9.17) is 0 Å². The zero-order chi connectivity index (χ0) is 15.8. The minimum Gasteiger partial charge on any atom is -0.355 e. The molecular formula is C15H20BrFN2O2. The highest BCUT2D eigenvalue weighted by atomic mass is 79.9. The lowest BCUT2D eigenvalue weighted by Gasteiger charge is -2.21. The number of rotatable bonds is 7. The second-order valence-electron chi connectivity index (χ2n) is 4.71. The number of nitrogens with zero attached hydrogens (tertiary/aromatic N) is 1. The van der Waals surface area contributed by atoms with Crippen LogP contribution in [0.5, 0.6) is 0 Å². The molecule has 0 bridgehead atoms. The Morgan fingerprint density at radius 1 is 1.29 bits per heavy atom. The van der Waals surface area contributed by atoms with Crippen LogP contribution in [0.25, 0.3) is 0 Å². The molecule has 0 aromatic heterocycles. The smallest absolute Gasteiger partial charge is 0.254 e. The third kappa shape index (κ3) is 5.46. The van der Waals surface area contributed by atoms with Crippen LogP contribution in [0.2, 0.25) is 0 Å². The third-order valence-corrected chi connectivity index (χ3v) is 3.46. The molecule has 2 amide bonds. The van der Waals surface area contributed by atoms with Gasteiger partial charge in [0.2, 0.25) is 5.91 Å². The van der Waals surface area contributed by atoms with Crippen molar-refractivity contribution in [3.05, 3.63) is 34.1 Å². The van der Waals surface area contributed by atoms with Crippen molar-refractivity contribution in [3.63, 3.8) is 0 Å². The van der Waals surface area contributed by atoms with Gasteiger partial charge < -0.3 is 10.2 Å². The van der Waals surface area contributed by atoms with E-state index in [1.165, 1.54) is 23.1 Å². The Hall–Kier alpha value is -1.43. The zero-order valence-corrected chi connectivity index (χ0v) is 13.9. The van der Waals surface area contributed by atoms with Crippen molar-refractivity contribution in [2.24, 2.45) is 0 Å². The van der Waals surface area contributed by atoms with Gasteiger partial charge in [0.15, 0.2) is 0 Å². The molecule has 0 saturated carbocycles. The van der Waals surface area contributed by atoms with E-state index < -0.39 is 5.82 Å². The highest BCUT2D eigenvalue weighted by molar-refractivity contribution is 9.10. The molecule has 6 heteroatoms. The van der Waals surface area contributed by atoms with Crippen molar-refractivity contribution in [1.29, 1.82) is 0 Å². The minimum atomic E-state index is -0.422. The number of halogens is 2. The Morgan fingerprint density at radius 2 is 2.00 bits per heavy atom. The van der Waals surface area contributed by atoms with E-state index >= 15 is 0 Å². The van der Waals surface area contributed by atoms with Crippen LogP contribution in [-0.4, -0.2) is 36.3 Å². The van der Waals surface area contributed by atoms with Crippen LogP contribution in [0.15, 0.2) is 22.7 Å². The maximum Gasteiger partial charge on any atom is 0.254 e. The van der Waals surface area contributed by atoms with Gasteiger partial charge in [-0.05, 0) is 47.0 Å². The van der Waals surface area contributed by atoms with Gasteiger partial charge in [-0.3, -0.25) is 9.59 Å². The summed E-state index contributed by atoms with van der Waals surface area (Å²) in [5.41, 5.74) is 0.361. The predicted molar refractivity (Wildman–Crippen MR) is 83.6 cm³/mol. The molecule has 0 spiro atoms. The average Bonchev–Trinajstić information content (AvgIpc) is 2.46. The van der Waals surface area contributed by atoms with Gasteiger partial charge in [-0.1, -0.05) is 13.8 Å². The van der Waals surface area contributed by atoms with Crippen molar-refractivity contribution in [3.8, 4) is 0 Å². The summed E-state index contributed by atoms with van der Waals surface area (Å²) in [5.74, 6) is -0.877. The van der Waals surface area contributed by atoms with Gasteiger partial charge in [0.25, 0.3) is 5.91 Å². The van der Waals surface area contributed by atoms with E-state index in [0.29, 0.717) is 18.7 Å². The van der Waals surface area contributed by atoms with Gasteiger partial charge in [0.1, 0.15) is 5.82 Å². The van der Waals surface area contributed by atoms with E-state index in [2.05, 4.69) is 21.2 Å². The molecular weight excluding hydrogens is 339 g/mol. The number of carbonyl (C=O) groups excluding carboxylic acids is 2. The number of amides is 2. The van der Waals surface area contributed by atoms with Crippen LogP contribution >= 0.6 is 15.9 Å². The fourth-order valence-corrected chi connectivity index (χ4v) is 2.21. The topological polar surface area (TPSA) is 49.4 Å². The third-order valence-electron chi connectivity index (χ3n) is 2.85. The first-order valence-electron chi connectivity index (χ1n) is 7.00. The van der Waals surface area contributed by atoms with Crippen LogP contribution in [0.3, 0.4) is 0 Å². The summed E-state index contributed by atoms with van der Waals surface area (Å²) in [4.78, 5) is 25.7. The fourth-order valence-electron chi connectivity index (χ4n) is 1.83. The lowest BCUT2D eigenvalue weighted by atomic mass is 10.2. The molecule has 0 saturated heterocycles. The normalized spacial score (nSPS) is 10.3. The first-order chi connectivity index (χ1) is 9.99. The Morgan fingerprint density at radius 3 is 2.57 bits per heavy atom. The second kappa shape index (κ2) is 8.77. The summed E-state index contributed by atoms with van der Waals surface area (Å²) in [5, 5.41) is 2.75. The predicted octanol–water partition coefficient (Wildman–Crippen LogP) is 2.97. The molecule has 0 aliphatic heterocycles. The van der Waals surface area contributed by atoms with Crippen molar-refractivity contribution in [2.75, 3.05) is 19.6 Å². The molecule has 1 aromatic rings. The first kappa shape index (κ1) is 17.6. The van der Waals surface area contributed by atoms with Gasteiger partial charge in [0.05, 0.1) is 11.0 Å². The summed E-state index contributed by atoms with van der Waals surface area (Å²) < 4.78 is 13.5. The van der Waals surface area contributed by atoms with Gasteiger partial charge in [-0.15, -0.1) is 0 Å². The first-order valence-corrected chi connectivity index (χ1v) is 7.79. The quantitative estimate of drug-likeness (QED) is 0.814. The summed E-state index contributed by atoms with van der Waals surface area (Å²) >= 11 is 3.06. The number of hydrogen-bond donors (Lipinski definition) is 1. The van der Waals surface area contributed by atoms with Crippen LogP contribution in [0.4, 0.5) is 4.39 Å². The van der Waals surface area contributed by atoms with Crippen molar-refractivity contribution in [2.45, 2.75) is 26.7 Å².